The summed E-state index contributed by atoms with van der Waals surface area (Å²) in [5.74, 6) is 0.630. The predicted octanol–water partition coefficient (Wildman–Crippen LogP) is 1.23. The molecule has 1 aromatic heterocycles. The Kier molecular flexibility index (Phi) is 4.14. The van der Waals surface area contributed by atoms with E-state index in [1.54, 1.807) is 10.9 Å². The van der Waals surface area contributed by atoms with Crippen molar-refractivity contribution in [3.63, 3.8) is 0 Å². The van der Waals surface area contributed by atoms with E-state index in [4.69, 9.17) is 0 Å². The molecule has 1 amide bonds. The van der Waals surface area contributed by atoms with Crippen molar-refractivity contribution in [2.24, 2.45) is 5.92 Å². The standard InChI is InChI=1S/C12H20N4O/c1-2-16-9-11(8-14-16)15-12(17)7-10-3-5-13-6-4-10/h8-10,13H,2-7H2,1H3,(H,15,17). The number of amides is 1. The molecule has 0 spiro atoms. The van der Waals surface area contributed by atoms with Crippen molar-refractivity contribution in [3.05, 3.63) is 12.4 Å². The van der Waals surface area contributed by atoms with Gasteiger partial charge in [-0.05, 0) is 38.8 Å². The maximum absolute atomic E-state index is 11.8. The molecular formula is C12H20N4O. The van der Waals surface area contributed by atoms with Gasteiger partial charge < -0.3 is 10.6 Å². The van der Waals surface area contributed by atoms with Crippen LogP contribution in [0.25, 0.3) is 0 Å². The SMILES string of the molecule is CCn1cc(NC(=O)CC2CCNCC2)cn1. The highest BCUT2D eigenvalue weighted by atomic mass is 16.1. The molecule has 94 valence electrons. The molecule has 2 N–H and O–H groups in total. The van der Waals surface area contributed by atoms with E-state index in [0.29, 0.717) is 12.3 Å². The average molecular weight is 236 g/mol. The molecule has 0 aromatic carbocycles. The number of anilines is 1. The van der Waals surface area contributed by atoms with Crippen LogP contribution in [-0.4, -0.2) is 28.8 Å². The number of nitrogens with one attached hydrogen (secondary N) is 2. The summed E-state index contributed by atoms with van der Waals surface area (Å²) in [5, 5.41) is 10.3. The van der Waals surface area contributed by atoms with E-state index in [9.17, 15) is 4.79 Å². The summed E-state index contributed by atoms with van der Waals surface area (Å²) in [5.41, 5.74) is 0.797. The second-order valence-electron chi connectivity index (χ2n) is 4.53. The number of carbonyl (C=O) groups excluding carboxylic acids is 1. The number of aryl methyl sites for hydroxylation is 1. The van der Waals surface area contributed by atoms with Crippen LogP contribution < -0.4 is 10.6 Å². The van der Waals surface area contributed by atoms with Crippen LogP contribution >= 0.6 is 0 Å². The maximum Gasteiger partial charge on any atom is 0.224 e. The fraction of sp³-hybridized carbons (Fsp3) is 0.667. The number of nitrogens with zero attached hydrogens (tertiary/aromatic N) is 2. The van der Waals surface area contributed by atoms with Crippen molar-refractivity contribution < 1.29 is 4.79 Å². The van der Waals surface area contributed by atoms with Gasteiger partial charge in [-0.15, -0.1) is 0 Å². The van der Waals surface area contributed by atoms with Crippen molar-refractivity contribution in [1.82, 2.24) is 15.1 Å². The molecule has 0 saturated carbocycles. The fourth-order valence-corrected chi connectivity index (χ4v) is 2.16. The summed E-state index contributed by atoms with van der Waals surface area (Å²) < 4.78 is 1.81. The molecule has 0 unspecified atom stereocenters. The third-order valence-electron chi connectivity index (χ3n) is 3.17. The van der Waals surface area contributed by atoms with Crippen LogP contribution in [0.3, 0.4) is 0 Å². The molecule has 1 saturated heterocycles. The van der Waals surface area contributed by atoms with Crippen LogP contribution in [0.1, 0.15) is 26.2 Å². The van der Waals surface area contributed by atoms with Gasteiger partial charge in [0, 0.05) is 19.2 Å². The molecule has 0 radical (unpaired) electrons. The lowest BCUT2D eigenvalue weighted by atomic mass is 9.94. The van der Waals surface area contributed by atoms with Crippen molar-refractivity contribution in [2.75, 3.05) is 18.4 Å². The van der Waals surface area contributed by atoms with Crippen LogP contribution in [0.2, 0.25) is 0 Å². The smallest absolute Gasteiger partial charge is 0.224 e. The van der Waals surface area contributed by atoms with E-state index in [1.807, 2.05) is 13.1 Å². The summed E-state index contributed by atoms with van der Waals surface area (Å²) in [4.78, 5) is 11.8. The normalized spacial score (nSPS) is 17.0. The molecule has 0 atom stereocenters. The molecule has 1 aliphatic heterocycles. The zero-order chi connectivity index (χ0) is 12.1. The minimum absolute atomic E-state index is 0.104. The number of piperidine rings is 1. The summed E-state index contributed by atoms with van der Waals surface area (Å²) in [6.07, 6.45) is 6.38. The highest BCUT2D eigenvalue weighted by Crippen LogP contribution is 2.16. The van der Waals surface area contributed by atoms with E-state index >= 15 is 0 Å². The summed E-state index contributed by atoms with van der Waals surface area (Å²) >= 11 is 0. The first-order valence-electron chi connectivity index (χ1n) is 6.31. The van der Waals surface area contributed by atoms with Crippen molar-refractivity contribution >= 4 is 11.6 Å². The largest absolute Gasteiger partial charge is 0.323 e. The van der Waals surface area contributed by atoms with Gasteiger partial charge in [0.25, 0.3) is 0 Å². The number of carbonyl (C=O) groups is 1. The Hall–Kier alpha value is -1.36. The Morgan fingerprint density at radius 2 is 2.35 bits per heavy atom. The van der Waals surface area contributed by atoms with Gasteiger partial charge in [-0.2, -0.15) is 5.10 Å². The predicted molar refractivity (Wildman–Crippen MR) is 66.7 cm³/mol. The second kappa shape index (κ2) is 5.82. The van der Waals surface area contributed by atoms with Crippen molar-refractivity contribution in [3.8, 4) is 0 Å². The zero-order valence-corrected chi connectivity index (χ0v) is 10.3. The van der Waals surface area contributed by atoms with E-state index in [1.165, 1.54) is 0 Å². The Morgan fingerprint density at radius 3 is 3.00 bits per heavy atom. The molecule has 1 fully saturated rings. The van der Waals surface area contributed by atoms with Crippen LogP contribution in [0.4, 0.5) is 5.69 Å². The van der Waals surface area contributed by atoms with Gasteiger partial charge in [-0.1, -0.05) is 0 Å². The Labute approximate surface area is 102 Å². The summed E-state index contributed by atoms with van der Waals surface area (Å²) in [7, 11) is 0. The van der Waals surface area contributed by atoms with Gasteiger partial charge >= 0.3 is 0 Å². The molecular weight excluding hydrogens is 216 g/mol. The molecule has 5 heteroatoms. The summed E-state index contributed by atoms with van der Waals surface area (Å²) in [6.45, 7) is 4.91. The first-order valence-corrected chi connectivity index (χ1v) is 6.31. The maximum atomic E-state index is 11.8. The molecule has 17 heavy (non-hydrogen) atoms. The van der Waals surface area contributed by atoms with Gasteiger partial charge in [0.2, 0.25) is 5.91 Å². The van der Waals surface area contributed by atoms with E-state index in [2.05, 4.69) is 15.7 Å². The molecule has 2 rings (SSSR count). The minimum Gasteiger partial charge on any atom is -0.323 e. The zero-order valence-electron chi connectivity index (χ0n) is 10.3. The second-order valence-corrected chi connectivity index (χ2v) is 4.53. The molecule has 1 aliphatic rings. The van der Waals surface area contributed by atoms with Crippen molar-refractivity contribution in [2.45, 2.75) is 32.7 Å². The van der Waals surface area contributed by atoms with Crippen LogP contribution in [0, 0.1) is 5.92 Å². The lowest BCUT2D eigenvalue weighted by molar-refractivity contribution is -0.117. The van der Waals surface area contributed by atoms with E-state index < -0.39 is 0 Å². The first kappa shape index (κ1) is 12.1. The van der Waals surface area contributed by atoms with Gasteiger partial charge in [-0.25, -0.2) is 0 Å². The average Bonchev–Trinajstić information content (AvgIpc) is 2.78. The minimum atomic E-state index is 0.104. The number of aromatic nitrogens is 2. The van der Waals surface area contributed by atoms with Gasteiger partial charge in [0.05, 0.1) is 11.9 Å². The third kappa shape index (κ3) is 3.56. The molecule has 0 bridgehead atoms. The highest BCUT2D eigenvalue weighted by Gasteiger charge is 2.16. The van der Waals surface area contributed by atoms with E-state index in [0.717, 1.165) is 38.2 Å². The molecule has 5 nitrogen and oxygen atoms in total. The summed E-state index contributed by atoms with van der Waals surface area (Å²) in [6, 6.07) is 0. The van der Waals surface area contributed by atoms with Crippen LogP contribution in [0.15, 0.2) is 12.4 Å². The Balaban J connectivity index is 1.79. The number of rotatable bonds is 4. The lowest BCUT2D eigenvalue weighted by Gasteiger charge is -2.21. The Bertz CT molecular complexity index is 368. The number of hydrogen-bond donors (Lipinski definition) is 2. The first-order chi connectivity index (χ1) is 8.28. The molecule has 2 heterocycles. The third-order valence-corrected chi connectivity index (χ3v) is 3.17. The van der Waals surface area contributed by atoms with Gasteiger partial charge in [0.1, 0.15) is 0 Å². The number of hydrogen-bond acceptors (Lipinski definition) is 3. The monoisotopic (exact) mass is 236 g/mol. The van der Waals surface area contributed by atoms with Gasteiger partial charge in [0.15, 0.2) is 0 Å². The molecule has 0 aliphatic carbocycles. The molecule has 1 aromatic rings. The van der Waals surface area contributed by atoms with Gasteiger partial charge in [-0.3, -0.25) is 9.48 Å². The van der Waals surface area contributed by atoms with Crippen LogP contribution in [-0.2, 0) is 11.3 Å². The quantitative estimate of drug-likeness (QED) is 0.826. The lowest BCUT2D eigenvalue weighted by Crippen LogP contribution is -2.30. The fourth-order valence-electron chi connectivity index (χ4n) is 2.16. The van der Waals surface area contributed by atoms with E-state index in [-0.39, 0.29) is 5.91 Å². The Morgan fingerprint density at radius 1 is 1.59 bits per heavy atom. The van der Waals surface area contributed by atoms with Crippen LogP contribution in [0.5, 0.6) is 0 Å². The van der Waals surface area contributed by atoms with Crippen molar-refractivity contribution in [1.29, 1.82) is 0 Å². The topological polar surface area (TPSA) is 59.0 Å². The highest BCUT2D eigenvalue weighted by molar-refractivity contribution is 5.90.